The van der Waals surface area contributed by atoms with Crippen molar-refractivity contribution in [2.45, 2.75) is 13.0 Å². The Balaban J connectivity index is 2.60. The van der Waals surface area contributed by atoms with Gasteiger partial charge in [0.05, 0.1) is 24.7 Å². The average molecular weight is 213 g/mol. The van der Waals surface area contributed by atoms with Gasteiger partial charge in [-0.1, -0.05) is 0 Å². The zero-order chi connectivity index (χ0) is 11.3. The summed E-state index contributed by atoms with van der Waals surface area (Å²) in [5.74, 6) is 0. The lowest BCUT2D eigenvalue weighted by Gasteiger charge is -2.09. The number of aromatic nitrogens is 2. The fraction of sp³-hybridized carbons (Fsp3) is 0.375. The molecular formula is C8H11N3O4. The van der Waals surface area contributed by atoms with Gasteiger partial charge in [0.2, 0.25) is 0 Å². The molecule has 0 aliphatic heterocycles. The highest BCUT2D eigenvalue weighted by Crippen LogP contribution is 2.08. The molecule has 1 aromatic rings. The summed E-state index contributed by atoms with van der Waals surface area (Å²) in [6.45, 7) is 1.52. The van der Waals surface area contributed by atoms with Crippen LogP contribution in [0.15, 0.2) is 12.4 Å². The lowest BCUT2D eigenvalue weighted by atomic mass is 10.4. The molecule has 0 fully saturated rings. The van der Waals surface area contributed by atoms with Crippen LogP contribution in [0.5, 0.6) is 6.01 Å². The highest BCUT2D eigenvalue weighted by atomic mass is 16.5. The fourth-order valence-corrected chi connectivity index (χ4v) is 0.782. The molecule has 1 heterocycles. The van der Waals surface area contributed by atoms with E-state index in [0.29, 0.717) is 0 Å². The molecule has 0 spiro atoms. The molecule has 1 aromatic heterocycles. The summed E-state index contributed by atoms with van der Waals surface area (Å²) >= 11 is 0. The van der Waals surface area contributed by atoms with Gasteiger partial charge in [0.25, 0.3) is 0 Å². The molecule has 1 amide bonds. The predicted molar refractivity (Wildman–Crippen MR) is 50.9 cm³/mol. The Morgan fingerprint density at radius 2 is 2.20 bits per heavy atom. The van der Waals surface area contributed by atoms with E-state index in [0.717, 1.165) is 0 Å². The van der Waals surface area contributed by atoms with Gasteiger partial charge < -0.3 is 14.9 Å². The standard InChI is InChI=1S/C8H11N3O4/c1-5(4-12)15-7-9-2-6(3-10-7)11-8(13)14/h2-3,5,11-12H,4H2,1H3,(H,13,14)/t5-/m0/s1. The third-order valence-electron chi connectivity index (χ3n) is 1.44. The molecule has 0 aliphatic carbocycles. The quantitative estimate of drug-likeness (QED) is 0.665. The van der Waals surface area contributed by atoms with Gasteiger partial charge in [0.1, 0.15) is 6.10 Å². The highest BCUT2D eigenvalue weighted by Gasteiger charge is 2.05. The number of carbonyl (C=O) groups is 1. The van der Waals surface area contributed by atoms with E-state index in [1.807, 2.05) is 0 Å². The van der Waals surface area contributed by atoms with E-state index in [1.54, 1.807) is 6.92 Å². The van der Waals surface area contributed by atoms with Crippen molar-refractivity contribution in [1.29, 1.82) is 0 Å². The van der Waals surface area contributed by atoms with Crippen molar-refractivity contribution in [2.24, 2.45) is 0 Å². The molecule has 0 radical (unpaired) electrons. The smallest absolute Gasteiger partial charge is 0.409 e. The van der Waals surface area contributed by atoms with Gasteiger partial charge in [-0.05, 0) is 6.92 Å². The number of nitrogens with zero attached hydrogens (tertiary/aromatic N) is 2. The third-order valence-corrected chi connectivity index (χ3v) is 1.44. The summed E-state index contributed by atoms with van der Waals surface area (Å²) in [5, 5.41) is 19.2. The number of aliphatic hydroxyl groups excluding tert-OH is 1. The summed E-state index contributed by atoms with van der Waals surface area (Å²) in [4.78, 5) is 17.7. The van der Waals surface area contributed by atoms with Crippen LogP contribution in [-0.2, 0) is 0 Å². The van der Waals surface area contributed by atoms with Crippen molar-refractivity contribution in [3.8, 4) is 6.01 Å². The van der Waals surface area contributed by atoms with Crippen LogP contribution in [-0.4, -0.2) is 39.0 Å². The number of carboxylic acid groups (broad SMARTS) is 1. The summed E-state index contributed by atoms with van der Waals surface area (Å²) in [7, 11) is 0. The largest absolute Gasteiger partial charge is 0.465 e. The normalized spacial score (nSPS) is 11.9. The van der Waals surface area contributed by atoms with E-state index < -0.39 is 12.2 Å². The summed E-state index contributed by atoms with van der Waals surface area (Å²) in [6, 6.07) is 0.0903. The molecule has 0 bridgehead atoms. The van der Waals surface area contributed by atoms with E-state index in [1.165, 1.54) is 12.4 Å². The van der Waals surface area contributed by atoms with Crippen molar-refractivity contribution in [3.63, 3.8) is 0 Å². The topological polar surface area (TPSA) is 105 Å². The average Bonchev–Trinajstić information content (AvgIpc) is 2.20. The zero-order valence-electron chi connectivity index (χ0n) is 8.04. The van der Waals surface area contributed by atoms with Gasteiger partial charge in [-0.3, -0.25) is 5.32 Å². The first kappa shape index (κ1) is 11.2. The first-order valence-corrected chi connectivity index (χ1v) is 4.21. The van der Waals surface area contributed by atoms with Crippen molar-refractivity contribution in [3.05, 3.63) is 12.4 Å². The van der Waals surface area contributed by atoms with Crippen LogP contribution < -0.4 is 10.1 Å². The van der Waals surface area contributed by atoms with Crippen LogP contribution in [0.1, 0.15) is 6.92 Å². The van der Waals surface area contributed by atoms with E-state index in [9.17, 15) is 4.79 Å². The highest BCUT2D eigenvalue weighted by molar-refractivity contribution is 5.82. The Morgan fingerprint density at radius 3 is 2.67 bits per heavy atom. The van der Waals surface area contributed by atoms with E-state index in [4.69, 9.17) is 14.9 Å². The minimum Gasteiger partial charge on any atom is -0.465 e. The molecule has 0 aromatic carbocycles. The van der Waals surface area contributed by atoms with E-state index in [-0.39, 0.29) is 18.3 Å². The van der Waals surface area contributed by atoms with Crippen LogP contribution in [0.4, 0.5) is 10.5 Å². The summed E-state index contributed by atoms with van der Waals surface area (Å²) in [6.07, 6.45) is 0.973. The lowest BCUT2D eigenvalue weighted by Crippen LogP contribution is -2.17. The van der Waals surface area contributed by atoms with Crippen molar-refractivity contribution in [1.82, 2.24) is 9.97 Å². The van der Waals surface area contributed by atoms with Crippen LogP contribution in [0.25, 0.3) is 0 Å². The van der Waals surface area contributed by atoms with Crippen molar-refractivity contribution < 1.29 is 19.7 Å². The van der Waals surface area contributed by atoms with E-state index >= 15 is 0 Å². The minimum atomic E-state index is -1.18. The molecule has 7 nitrogen and oxygen atoms in total. The second kappa shape index (κ2) is 5.11. The Labute approximate surface area is 85.7 Å². The van der Waals surface area contributed by atoms with Crippen molar-refractivity contribution >= 4 is 11.8 Å². The number of amides is 1. The Bertz CT molecular complexity index is 327. The van der Waals surface area contributed by atoms with Gasteiger partial charge in [-0.25, -0.2) is 14.8 Å². The van der Waals surface area contributed by atoms with Gasteiger partial charge >= 0.3 is 12.1 Å². The molecule has 7 heteroatoms. The monoisotopic (exact) mass is 213 g/mol. The zero-order valence-corrected chi connectivity index (χ0v) is 8.04. The molecule has 1 atom stereocenters. The van der Waals surface area contributed by atoms with E-state index in [2.05, 4.69) is 15.3 Å². The molecule has 3 N–H and O–H groups in total. The second-order valence-corrected chi connectivity index (χ2v) is 2.80. The second-order valence-electron chi connectivity index (χ2n) is 2.80. The molecular weight excluding hydrogens is 202 g/mol. The van der Waals surface area contributed by atoms with Gasteiger partial charge in [0, 0.05) is 0 Å². The summed E-state index contributed by atoms with van der Waals surface area (Å²) < 4.78 is 5.08. The van der Waals surface area contributed by atoms with Gasteiger partial charge in [0.15, 0.2) is 0 Å². The Hall–Kier alpha value is -1.89. The third kappa shape index (κ3) is 3.77. The molecule has 0 aliphatic rings. The van der Waals surface area contributed by atoms with Gasteiger partial charge in [-0.15, -0.1) is 0 Å². The van der Waals surface area contributed by atoms with Crippen LogP contribution in [0.3, 0.4) is 0 Å². The van der Waals surface area contributed by atoms with Crippen LogP contribution >= 0.6 is 0 Å². The number of nitrogens with one attached hydrogen (secondary N) is 1. The van der Waals surface area contributed by atoms with Crippen LogP contribution in [0, 0.1) is 0 Å². The number of aliphatic hydroxyl groups is 1. The Morgan fingerprint density at radius 1 is 1.60 bits per heavy atom. The maximum Gasteiger partial charge on any atom is 0.409 e. The molecule has 15 heavy (non-hydrogen) atoms. The maximum absolute atomic E-state index is 10.2. The first-order chi connectivity index (χ1) is 7.11. The minimum absolute atomic E-state index is 0.0903. The predicted octanol–water partition coefficient (Wildman–Crippen LogP) is 0.326. The molecule has 1 rings (SSSR count). The number of hydrogen-bond donors (Lipinski definition) is 3. The molecule has 0 saturated carbocycles. The molecule has 82 valence electrons. The summed E-state index contributed by atoms with van der Waals surface area (Å²) in [5.41, 5.74) is 0.256. The lowest BCUT2D eigenvalue weighted by molar-refractivity contribution is 0.120. The number of hydrogen-bond acceptors (Lipinski definition) is 5. The maximum atomic E-state index is 10.2. The van der Waals surface area contributed by atoms with Crippen molar-refractivity contribution in [2.75, 3.05) is 11.9 Å². The number of rotatable bonds is 4. The SMILES string of the molecule is C[C@@H](CO)Oc1ncc(NC(=O)O)cn1. The number of anilines is 1. The molecule has 0 saturated heterocycles. The van der Waals surface area contributed by atoms with Crippen LogP contribution in [0.2, 0.25) is 0 Å². The van der Waals surface area contributed by atoms with Gasteiger partial charge in [-0.2, -0.15) is 0 Å². The number of ether oxygens (including phenoxy) is 1. The molecule has 0 unspecified atom stereocenters. The Kier molecular flexibility index (Phi) is 3.81. The fourth-order valence-electron chi connectivity index (χ4n) is 0.782. The first-order valence-electron chi connectivity index (χ1n) is 4.21.